The second-order valence-corrected chi connectivity index (χ2v) is 5.48. The number of anilines is 1. The van der Waals surface area contributed by atoms with Crippen LogP contribution in [0, 0.1) is 6.92 Å². The van der Waals surface area contributed by atoms with Crippen LogP contribution in [0.3, 0.4) is 0 Å². The number of fused-ring (bicyclic) bond motifs is 1. The van der Waals surface area contributed by atoms with Crippen molar-refractivity contribution in [1.82, 2.24) is 14.8 Å². The van der Waals surface area contributed by atoms with Crippen LogP contribution in [0.5, 0.6) is 0 Å². The van der Waals surface area contributed by atoms with Crippen molar-refractivity contribution in [2.24, 2.45) is 0 Å². The van der Waals surface area contributed by atoms with Gasteiger partial charge in [-0.05, 0) is 31.5 Å². The molecule has 0 unspecified atom stereocenters. The summed E-state index contributed by atoms with van der Waals surface area (Å²) in [6.45, 7) is 4.73. The maximum absolute atomic E-state index is 12.1. The Bertz CT molecular complexity index is 774. The summed E-state index contributed by atoms with van der Waals surface area (Å²) in [6.07, 6.45) is 1.79. The highest BCUT2D eigenvalue weighted by Crippen LogP contribution is 2.28. The maximum atomic E-state index is 12.1. The summed E-state index contributed by atoms with van der Waals surface area (Å²) in [4.78, 5) is 16.5. The number of aryl methyl sites for hydroxylation is 2. The number of thiazole rings is 1. The minimum absolute atomic E-state index is 0.228. The van der Waals surface area contributed by atoms with E-state index in [1.54, 1.807) is 16.9 Å². The van der Waals surface area contributed by atoms with Gasteiger partial charge in [0.1, 0.15) is 0 Å². The van der Waals surface area contributed by atoms with E-state index >= 15 is 0 Å². The number of aromatic nitrogens is 3. The van der Waals surface area contributed by atoms with E-state index < -0.39 is 0 Å². The van der Waals surface area contributed by atoms with E-state index in [0.29, 0.717) is 10.8 Å². The molecule has 0 fully saturated rings. The van der Waals surface area contributed by atoms with Crippen LogP contribution in [0.4, 0.5) is 5.13 Å². The molecule has 0 radical (unpaired) electrons. The molecule has 102 valence electrons. The van der Waals surface area contributed by atoms with Crippen LogP contribution in [0.1, 0.15) is 23.0 Å². The van der Waals surface area contributed by atoms with Crippen molar-refractivity contribution < 1.29 is 4.79 Å². The first-order valence-electron chi connectivity index (χ1n) is 6.38. The number of rotatable bonds is 3. The van der Waals surface area contributed by atoms with E-state index in [1.807, 2.05) is 32.0 Å². The van der Waals surface area contributed by atoms with Crippen molar-refractivity contribution in [1.29, 1.82) is 0 Å². The molecule has 0 aliphatic rings. The first-order chi connectivity index (χ1) is 9.67. The van der Waals surface area contributed by atoms with Gasteiger partial charge in [0.15, 0.2) is 10.8 Å². The maximum Gasteiger partial charge on any atom is 0.277 e. The molecular weight excluding hydrogens is 272 g/mol. The van der Waals surface area contributed by atoms with Crippen LogP contribution >= 0.6 is 11.3 Å². The summed E-state index contributed by atoms with van der Waals surface area (Å²) in [5, 5.41) is 7.58. The third-order valence-corrected chi connectivity index (χ3v) is 3.97. The van der Waals surface area contributed by atoms with Crippen molar-refractivity contribution in [3.8, 4) is 0 Å². The van der Waals surface area contributed by atoms with Gasteiger partial charge in [-0.1, -0.05) is 23.5 Å². The van der Waals surface area contributed by atoms with E-state index in [2.05, 4.69) is 15.4 Å². The standard InChI is InChI=1S/C14H14N4OS/c1-3-18-8-7-10(17-18)13(19)16-14-15-12-9(2)5-4-6-11(12)20-14/h4-8H,3H2,1-2H3,(H,15,16,19). The topological polar surface area (TPSA) is 59.8 Å². The average molecular weight is 286 g/mol. The fourth-order valence-corrected chi connectivity index (χ4v) is 2.90. The molecule has 0 bridgehead atoms. The molecule has 20 heavy (non-hydrogen) atoms. The van der Waals surface area contributed by atoms with E-state index in [9.17, 15) is 4.79 Å². The Hall–Kier alpha value is -2.21. The number of nitrogens with one attached hydrogen (secondary N) is 1. The summed E-state index contributed by atoms with van der Waals surface area (Å²) in [5.41, 5.74) is 2.45. The van der Waals surface area contributed by atoms with Crippen LogP contribution in [-0.2, 0) is 6.54 Å². The monoisotopic (exact) mass is 286 g/mol. The number of amides is 1. The molecule has 6 heteroatoms. The molecule has 1 amide bonds. The van der Waals surface area contributed by atoms with Crippen LogP contribution in [0.2, 0.25) is 0 Å². The molecule has 3 aromatic rings. The zero-order valence-electron chi connectivity index (χ0n) is 11.3. The SMILES string of the molecule is CCn1ccc(C(=O)Nc2nc3c(C)cccc3s2)n1. The van der Waals surface area contributed by atoms with Crippen LogP contribution < -0.4 is 5.32 Å². The largest absolute Gasteiger partial charge is 0.296 e. The van der Waals surface area contributed by atoms with Crippen LogP contribution in [-0.4, -0.2) is 20.7 Å². The average Bonchev–Trinajstić information content (AvgIpc) is 3.05. The number of nitrogens with zero attached hydrogens (tertiary/aromatic N) is 3. The minimum atomic E-state index is -0.228. The molecule has 0 spiro atoms. The number of para-hydroxylation sites is 1. The van der Waals surface area contributed by atoms with Gasteiger partial charge in [-0.2, -0.15) is 5.10 Å². The second kappa shape index (κ2) is 5.05. The Morgan fingerprint density at radius 2 is 2.25 bits per heavy atom. The lowest BCUT2D eigenvalue weighted by molar-refractivity contribution is 0.102. The van der Waals surface area contributed by atoms with Gasteiger partial charge in [0.2, 0.25) is 0 Å². The first-order valence-corrected chi connectivity index (χ1v) is 7.20. The predicted octanol–water partition coefficient (Wildman–Crippen LogP) is 3.07. The van der Waals surface area contributed by atoms with E-state index in [1.165, 1.54) is 11.3 Å². The molecule has 1 aromatic carbocycles. The zero-order chi connectivity index (χ0) is 14.1. The summed E-state index contributed by atoms with van der Waals surface area (Å²) >= 11 is 1.47. The van der Waals surface area contributed by atoms with Gasteiger partial charge < -0.3 is 0 Å². The fourth-order valence-electron chi connectivity index (χ4n) is 1.96. The minimum Gasteiger partial charge on any atom is -0.296 e. The normalized spacial score (nSPS) is 10.9. The van der Waals surface area contributed by atoms with Gasteiger partial charge in [0.25, 0.3) is 5.91 Å². The molecule has 0 saturated heterocycles. The smallest absolute Gasteiger partial charge is 0.277 e. The zero-order valence-corrected chi connectivity index (χ0v) is 12.1. The van der Waals surface area contributed by atoms with Crippen LogP contribution in [0.15, 0.2) is 30.5 Å². The highest BCUT2D eigenvalue weighted by molar-refractivity contribution is 7.22. The number of carbonyl (C=O) groups excluding carboxylic acids is 1. The lowest BCUT2D eigenvalue weighted by Gasteiger charge is -1.97. The summed E-state index contributed by atoms with van der Waals surface area (Å²) in [6, 6.07) is 7.71. The van der Waals surface area contributed by atoms with Gasteiger partial charge in [0, 0.05) is 12.7 Å². The Morgan fingerprint density at radius 3 is 2.95 bits per heavy atom. The molecule has 5 nitrogen and oxygen atoms in total. The van der Waals surface area contributed by atoms with Crippen molar-refractivity contribution in [2.45, 2.75) is 20.4 Å². The molecule has 2 heterocycles. The number of hydrogen-bond donors (Lipinski definition) is 1. The molecule has 2 aromatic heterocycles. The Labute approximate surface area is 120 Å². The highest BCUT2D eigenvalue weighted by atomic mass is 32.1. The second-order valence-electron chi connectivity index (χ2n) is 4.45. The molecular formula is C14H14N4OS. The Kier molecular flexibility index (Phi) is 3.23. The molecule has 0 saturated carbocycles. The quantitative estimate of drug-likeness (QED) is 0.805. The molecule has 1 N–H and O–H groups in total. The third kappa shape index (κ3) is 2.30. The van der Waals surface area contributed by atoms with Crippen LogP contribution in [0.25, 0.3) is 10.2 Å². The summed E-state index contributed by atoms with van der Waals surface area (Å²) in [7, 11) is 0. The van der Waals surface area contributed by atoms with Crippen molar-refractivity contribution in [3.05, 3.63) is 41.7 Å². The summed E-state index contributed by atoms with van der Waals surface area (Å²) < 4.78 is 2.79. The molecule has 0 atom stereocenters. The Morgan fingerprint density at radius 1 is 1.40 bits per heavy atom. The molecule has 0 aliphatic carbocycles. The number of benzene rings is 1. The van der Waals surface area contributed by atoms with Crippen molar-refractivity contribution >= 4 is 32.6 Å². The highest BCUT2D eigenvalue weighted by Gasteiger charge is 2.12. The summed E-state index contributed by atoms with van der Waals surface area (Å²) in [5.74, 6) is -0.228. The third-order valence-electron chi connectivity index (χ3n) is 3.04. The molecule has 3 rings (SSSR count). The number of carbonyl (C=O) groups is 1. The van der Waals surface area contributed by atoms with Gasteiger partial charge in [-0.15, -0.1) is 0 Å². The van der Waals surface area contributed by atoms with Crippen molar-refractivity contribution in [2.75, 3.05) is 5.32 Å². The van der Waals surface area contributed by atoms with Gasteiger partial charge >= 0.3 is 0 Å². The van der Waals surface area contributed by atoms with Gasteiger partial charge in [-0.25, -0.2) is 4.98 Å². The van der Waals surface area contributed by atoms with Crippen molar-refractivity contribution in [3.63, 3.8) is 0 Å². The van der Waals surface area contributed by atoms with Gasteiger partial charge in [0.05, 0.1) is 10.2 Å². The first kappa shape index (κ1) is 12.8. The predicted molar refractivity (Wildman–Crippen MR) is 80.2 cm³/mol. The fraction of sp³-hybridized carbons (Fsp3) is 0.214. The lowest BCUT2D eigenvalue weighted by atomic mass is 10.2. The Balaban J connectivity index is 1.85. The molecule has 0 aliphatic heterocycles. The number of hydrogen-bond acceptors (Lipinski definition) is 4. The van der Waals surface area contributed by atoms with E-state index in [-0.39, 0.29) is 5.91 Å². The van der Waals surface area contributed by atoms with E-state index in [4.69, 9.17) is 0 Å². The van der Waals surface area contributed by atoms with Gasteiger partial charge in [-0.3, -0.25) is 14.8 Å². The van der Waals surface area contributed by atoms with E-state index in [0.717, 1.165) is 22.3 Å². The lowest BCUT2D eigenvalue weighted by Crippen LogP contribution is -2.13.